The van der Waals surface area contributed by atoms with Crippen molar-refractivity contribution < 1.29 is 9.90 Å². The minimum absolute atomic E-state index is 0.0631. The van der Waals surface area contributed by atoms with Crippen molar-refractivity contribution >= 4 is 40.8 Å². The van der Waals surface area contributed by atoms with Crippen molar-refractivity contribution in [3.05, 3.63) is 80.3 Å². The molecule has 2 atom stereocenters. The molecule has 1 heterocycles. The summed E-state index contributed by atoms with van der Waals surface area (Å²) in [5.74, 6) is -0.944. The molecule has 2 aromatic carbocycles. The predicted octanol–water partition coefficient (Wildman–Crippen LogP) is 5.43. The molecule has 24 heavy (non-hydrogen) atoms. The number of carboxylic acids is 1. The Labute approximate surface area is 154 Å². The highest BCUT2D eigenvalue weighted by Gasteiger charge is 2.29. The van der Waals surface area contributed by atoms with Gasteiger partial charge in [-0.1, -0.05) is 59.1 Å². The van der Waals surface area contributed by atoms with E-state index in [1.165, 1.54) is 0 Å². The zero-order chi connectivity index (χ0) is 17.3. The highest BCUT2D eigenvalue weighted by molar-refractivity contribution is 6.42. The van der Waals surface area contributed by atoms with Crippen molar-refractivity contribution in [2.75, 3.05) is 0 Å². The Morgan fingerprint density at radius 2 is 1.83 bits per heavy atom. The third kappa shape index (κ3) is 3.60. The Bertz CT molecular complexity index is 820. The van der Waals surface area contributed by atoms with Crippen LogP contribution in [0.3, 0.4) is 0 Å². The highest BCUT2D eigenvalue weighted by Crippen LogP contribution is 2.35. The predicted molar refractivity (Wildman–Crippen MR) is 96.9 cm³/mol. The zero-order valence-corrected chi connectivity index (χ0v) is 14.7. The first kappa shape index (κ1) is 17.3. The Morgan fingerprint density at radius 3 is 2.50 bits per heavy atom. The SMILES string of the molecule is O=C(O)C1=CCC(c2ccc(Cl)c(Cl)c2)NC1c1cccc(Cl)c1. The molecule has 6 heteroatoms. The van der Waals surface area contributed by atoms with E-state index in [0.29, 0.717) is 27.1 Å². The van der Waals surface area contributed by atoms with Crippen LogP contribution in [0.15, 0.2) is 54.1 Å². The van der Waals surface area contributed by atoms with Crippen LogP contribution in [0.25, 0.3) is 0 Å². The summed E-state index contributed by atoms with van der Waals surface area (Å²) in [4.78, 5) is 11.6. The molecule has 2 N–H and O–H groups in total. The number of carbonyl (C=O) groups is 1. The third-order valence-electron chi connectivity index (χ3n) is 4.03. The second kappa shape index (κ2) is 7.16. The molecule has 0 aliphatic carbocycles. The quantitative estimate of drug-likeness (QED) is 0.744. The maximum atomic E-state index is 11.6. The van der Waals surface area contributed by atoms with Gasteiger partial charge in [0.05, 0.1) is 21.7 Å². The van der Waals surface area contributed by atoms with Gasteiger partial charge in [-0.25, -0.2) is 4.79 Å². The van der Waals surface area contributed by atoms with Crippen molar-refractivity contribution in [1.29, 1.82) is 0 Å². The summed E-state index contributed by atoms with van der Waals surface area (Å²) in [5.41, 5.74) is 2.08. The number of rotatable bonds is 3. The molecule has 2 aromatic rings. The zero-order valence-electron chi connectivity index (χ0n) is 12.5. The fourth-order valence-electron chi connectivity index (χ4n) is 2.86. The summed E-state index contributed by atoms with van der Waals surface area (Å²) >= 11 is 18.1. The minimum Gasteiger partial charge on any atom is -0.478 e. The molecule has 1 aliphatic rings. The lowest BCUT2D eigenvalue weighted by molar-refractivity contribution is -0.133. The van der Waals surface area contributed by atoms with E-state index in [2.05, 4.69) is 5.32 Å². The second-order valence-electron chi connectivity index (χ2n) is 5.58. The molecule has 0 radical (unpaired) electrons. The van der Waals surface area contributed by atoms with Crippen molar-refractivity contribution in [3.8, 4) is 0 Å². The van der Waals surface area contributed by atoms with Crippen molar-refractivity contribution in [2.24, 2.45) is 0 Å². The van der Waals surface area contributed by atoms with Gasteiger partial charge in [-0.3, -0.25) is 5.32 Å². The monoisotopic (exact) mass is 381 g/mol. The van der Waals surface area contributed by atoms with Gasteiger partial charge in [0, 0.05) is 11.1 Å². The molecule has 0 bridgehead atoms. The molecule has 0 saturated carbocycles. The summed E-state index contributed by atoms with van der Waals surface area (Å²) in [6.07, 6.45) is 2.30. The molecule has 3 rings (SSSR count). The number of benzene rings is 2. The second-order valence-corrected chi connectivity index (χ2v) is 6.83. The standard InChI is InChI=1S/C18H14Cl3NO2/c19-12-3-1-2-11(8-12)17-13(18(23)24)5-7-16(22-17)10-4-6-14(20)15(21)9-10/h1-6,8-9,16-17,22H,7H2,(H,23,24). The molecule has 0 aromatic heterocycles. The number of hydrogen-bond donors (Lipinski definition) is 2. The van der Waals surface area contributed by atoms with Gasteiger partial charge >= 0.3 is 5.97 Å². The first-order chi connectivity index (χ1) is 11.5. The lowest BCUT2D eigenvalue weighted by Crippen LogP contribution is -2.33. The van der Waals surface area contributed by atoms with Gasteiger partial charge < -0.3 is 5.11 Å². The maximum Gasteiger partial charge on any atom is 0.333 e. The maximum absolute atomic E-state index is 11.6. The minimum atomic E-state index is -0.944. The van der Waals surface area contributed by atoms with Crippen LogP contribution < -0.4 is 5.32 Å². The van der Waals surface area contributed by atoms with Gasteiger partial charge in [0.25, 0.3) is 0 Å². The van der Waals surface area contributed by atoms with Gasteiger partial charge in [-0.15, -0.1) is 0 Å². The molecule has 0 fully saturated rings. The van der Waals surface area contributed by atoms with Crippen LogP contribution in [-0.4, -0.2) is 11.1 Å². The largest absolute Gasteiger partial charge is 0.478 e. The number of halogens is 3. The number of carboxylic acid groups (broad SMARTS) is 1. The summed E-state index contributed by atoms with van der Waals surface area (Å²) in [5, 5.41) is 14.4. The Morgan fingerprint density at radius 1 is 1.04 bits per heavy atom. The summed E-state index contributed by atoms with van der Waals surface area (Å²) < 4.78 is 0. The Hall–Kier alpha value is -1.52. The van der Waals surface area contributed by atoms with Crippen molar-refractivity contribution in [1.82, 2.24) is 5.32 Å². The van der Waals surface area contributed by atoms with E-state index in [0.717, 1.165) is 11.1 Å². The lowest BCUT2D eigenvalue weighted by atomic mass is 9.89. The van der Waals surface area contributed by atoms with Crippen LogP contribution in [0, 0.1) is 0 Å². The van der Waals surface area contributed by atoms with Gasteiger partial charge in [0.15, 0.2) is 0 Å². The Kier molecular flexibility index (Phi) is 5.16. The van der Waals surface area contributed by atoms with Crippen LogP contribution in [0.2, 0.25) is 15.1 Å². The van der Waals surface area contributed by atoms with E-state index in [9.17, 15) is 9.90 Å². The van der Waals surface area contributed by atoms with Crippen LogP contribution >= 0.6 is 34.8 Å². The van der Waals surface area contributed by atoms with Gasteiger partial charge in [-0.05, 0) is 41.8 Å². The highest BCUT2D eigenvalue weighted by atomic mass is 35.5. The van der Waals surface area contributed by atoms with Crippen molar-refractivity contribution in [3.63, 3.8) is 0 Å². The molecule has 124 valence electrons. The molecule has 0 amide bonds. The van der Waals surface area contributed by atoms with E-state index in [-0.39, 0.29) is 6.04 Å². The number of hydrogen-bond acceptors (Lipinski definition) is 2. The normalized spacial score (nSPS) is 20.5. The molecule has 0 saturated heterocycles. The fourth-order valence-corrected chi connectivity index (χ4v) is 3.36. The van der Waals surface area contributed by atoms with E-state index in [1.807, 2.05) is 18.2 Å². The number of nitrogens with one attached hydrogen (secondary N) is 1. The topological polar surface area (TPSA) is 49.3 Å². The molecule has 3 nitrogen and oxygen atoms in total. The lowest BCUT2D eigenvalue weighted by Gasteiger charge is -2.31. The van der Waals surface area contributed by atoms with E-state index in [4.69, 9.17) is 34.8 Å². The van der Waals surface area contributed by atoms with Gasteiger partial charge in [0.2, 0.25) is 0 Å². The Balaban J connectivity index is 1.97. The summed E-state index contributed by atoms with van der Waals surface area (Å²) in [6, 6.07) is 12.1. The van der Waals surface area contributed by atoms with E-state index < -0.39 is 12.0 Å². The first-order valence-corrected chi connectivity index (χ1v) is 8.49. The van der Waals surface area contributed by atoms with Crippen LogP contribution in [0.4, 0.5) is 0 Å². The molecule has 2 unspecified atom stereocenters. The van der Waals surface area contributed by atoms with E-state index in [1.54, 1.807) is 30.3 Å². The smallest absolute Gasteiger partial charge is 0.333 e. The van der Waals surface area contributed by atoms with Gasteiger partial charge in [0.1, 0.15) is 0 Å². The molecular formula is C18H14Cl3NO2. The fraction of sp³-hybridized carbons (Fsp3) is 0.167. The average Bonchev–Trinajstić information content (AvgIpc) is 2.56. The molecular weight excluding hydrogens is 369 g/mol. The molecule has 1 aliphatic heterocycles. The average molecular weight is 383 g/mol. The summed E-state index contributed by atoms with van der Waals surface area (Å²) in [7, 11) is 0. The van der Waals surface area contributed by atoms with Crippen molar-refractivity contribution in [2.45, 2.75) is 18.5 Å². The van der Waals surface area contributed by atoms with Gasteiger partial charge in [-0.2, -0.15) is 0 Å². The number of aliphatic carboxylic acids is 1. The van der Waals surface area contributed by atoms with Crippen LogP contribution in [-0.2, 0) is 4.79 Å². The van der Waals surface area contributed by atoms with Crippen LogP contribution in [0.1, 0.15) is 29.6 Å². The molecule has 0 spiro atoms. The van der Waals surface area contributed by atoms with E-state index >= 15 is 0 Å². The van der Waals surface area contributed by atoms with Crippen LogP contribution in [0.5, 0.6) is 0 Å². The third-order valence-corrected chi connectivity index (χ3v) is 5.00. The summed E-state index contributed by atoms with van der Waals surface area (Å²) in [6.45, 7) is 0. The first-order valence-electron chi connectivity index (χ1n) is 7.35.